The van der Waals surface area contributed by atoms with Crippen molar-refractivity contribution in [1.29, 1.82) is 0 Å². The van der Waals surface area contributed by atoms with Crippen molar-refractivity contribution in [1.82, 2.24) is 4.72 Å². The van der Waals surface area contributed by atoms with Crippen LogP contribution in [-0.4, -0.2) is 14.0 Å². The van der Waals surface area contributed by atoms with Gasteiger partial charge in [0, 0.05) is 5.54 Å². The molecule has 156 valence electrons. The predicted octanol–water partition coefficient (Wildman–Crippen LogP) is 5.72. The molecule has 5 rings (SSSR count). The molecule has 0 heterocycles. The highest BCUT2D eigenvalue weighted by molar-refractivity contribution is 7.89. The maximum atomic E-state index is 13.2. The topological polar surface area (TPSA) is 46.2 Å². The van der Waals surface area contributed by atoms with Gasteiger partial charge in [-0.05, 0) is 98.1 Å². The van der Waals surface area contributed by atoms with Gasteiger partial charge >= 0.3 is 0 Å². The molecule has 0 amide bonds. The molecule has 0 radical (unpaired) electrons. The summed E-state index contributed by atoms with van der Waals surface area (Å²) in [5.74, 6) is 3.87. The Morgan fingerprint density at radius 2 is 1.43 bits per heavy atom. The van der Waals surface area contributed by atoms with E-state index in [0.29, 0.717) is 22.6 Å². The SMILES string of the molecule is CC(C)CC(c1ccc(S(=O)(=O)NC23CC4CC(CC(C4)C2)C3)cc1)C(C)C. The van der Waals surface area contributed by atoms with E-state index >= 15 is 0 Å². The van der Waals surface area contributed by atoms with Gasteiger partial charge in [-0.15, -0.1) is 0 Å². The first-order chi connectivity index (χ1) is 13.2. The van der Waals surface area contributed by atoms with Gasteiger partial charge in [-0.25, -0.2) is 13.1 Å². The van der Waals surface area contributed by atoms with Crippen LogP contribution >= 0.6 is 0 Å². The molecule has 1 N–H and O–H groups in total. The van der Waals surface area contributed by atoms with Crippen molar-refractivity contribution in [3.05, 3.63) is 29.8 Å². The highest BCUT2D eigenvalue weighted by Gasteiger charge is 2.52. The van der Waals surface area contributed by atoms with Gasteiger partial charge in [0.2, 0.25) is 10.0 Å². The van der Waals surface area contributed by atoms with Gasteiger partial charge in [0.1, 0.15) is 0 Å². The van der Waals surface area contributed by atoms with Crippen molar-refractivity contribution in [3.63, 3.8) is 0 Å². The molecule has 0 spiro atoms. The highest BCUT2D eigenvalue weighted by Crippen LogP contribution is 2.56. The van der Waals surface area contributed by atoms with Gasteiger partial charge in [0.15, 0.2) is 0 Å². The van der Waals surface area contributed by atoms with Crippen LogP contribution in [-0.2, 0) is 10.0 Å². The summed E-state index contributed by atoms with van der Waals surface area (Å²) < 4.78 is 29.6. The molecule has 4 saturated carbocycles. The molecule has 4 heteroatoms. The van der Waals surface area contributed by atoms with Crippen LogP contribution in [0.5, 0.6) is 0 Å². The first kappa shape index (κ1) is 20.4. The molecular formula is C24H37NO2S. The Kier molecular flexibility index (Phi) is 5.41. The summed E-state index contributed by atoms with van der Waals surface area (Å²) in [5.41, 5.74) is 1.09. The van der Waals surface area contributed by atoms with Crippen molar-refractivity contribution in [3.8, 4) is 0 Å². The quantitative estimate of drug-likeness (QED) is 0.633. The number of sulfonamides is 1. The van der Waals surface area contributed by atoms with E-state index in [0.717, 1.165) is 43.4 Å². The summed E-state index contributed by atoms with van der Waals surface area (Å²) in [6, 6.07) is 7.74. The maximum Gasteiger partial charge on any atom is 0.241 e. The average Bonchev–Trinajstić information content (AvgIpc) is 2.57. The van der Waals surface area contributed by atoms with Crippen molar-refractivity contribution in [2.24, 2.45) is 29.6 Å². The molecule has 1 atom stereocenters. The molecule has 4 aliphatic rings. The monoisotopic (exact) mass is 403 g/mol. The van der Waals surface area contributed by atoms with Gasteiger partial charge in [-0.2, -0.15) is 0 Å². The van der Waals surface area contributed by atoms with Gasteiger partial charge in [-0.1, -0.05) is 39.8 Å². The minimum atomic E-state index is -3.46. The van der Waals surface area contributed by atoms with E-state index in [1.165, 1.54) is 24.8 Å². The maximum absolute atomic E-state index is 13.2. The third-order valence-electron chi connectivity index (χ3n) is 7.54. The zero-order valence-electron chi connectivity index (χ0n) is 17.9. The molecular weight excluding hydrogens is 366 g/mol. The fourth-order valence-corrected chi connectivity index (χ4v) is 8.21. The Bertz CT molecular complexity index is 759. The fraction of sp³-hybridized carbons (Fsp3) is 0.750. The molecule has 0 aliphatic heterocycles. The van der Waals surface area contributed by atoms with E-state index < -0.39 is 10.0 Å². The summed E-state index contributed by atoms with van der Waals surface area (Å²) >= 11 is 0. The smallest absolute Gasteiger partial charge is 0.207 e. The lowest BCUT2D eigenvalue weighted by atomic mass is 9.53. The molecule has 4 fully saturated rings. The van der Waals surface area contributed by atoms with Crippen LogP contribution in [0.1, 0.15) is 84.1 Å². The number of benzene rings is 1. The van der Waals surface area contributed by atoms with Crippen LogP contribution in [0, 0.1) is 29.6 Å². The molecule has 3 nitrogen and oxygen atoms in total. The second-order valence-corrected chi connectivity index (χ2v) is 12.5. The number of rotatable bonds is 7. The summed E-state index contributed by atoms with van der Waals surface area (Å²) in [5, 5.41) is 0. The van der Waals surface area contributed by atoms with Gasteiger partial charge < -0.3 is 0 Å². The Balaban J connectivity index is 1.52. The molecule has 1 aromatic rings. The summed E-state index contributed by atoms with van der Waals surface area (Å²) in [6.07, 6.45) is 8.22. The summed E-state index contributed by atoms with van der Waals surface area (Å²) in [4.78, 5) is 0.430. The van der Waals surface area contributed by atoms with Gasteiger partial charge in [0.25, 0.3) is 0 Å². The minimum absolute atomic E-state index is 0.176. The first-order valence-electron chi connectivity index (χ1n) is 11.3. The molecule has 4 aliphatic carbocycles. The molecule has 1 unspecified atom stereocenters. The van der Waals surface area contributed by atoms with E-state index in [9.17, 15) is 8.42 Å². The summed E-state index contributed by atoms with van der Waals surface area (Å²) in [7, 11) is -3.46. The van der Waals surface area contributed by atoms with Crippen LogP contribution in [0.4, 0.5) is 0 Å². The lowest BCUT2D eigenvalue weighted by molar-refractivity contribution is -0.00810. The van der Waals surface area contributed by atoms with Crippen LogP contribution in [0.3, 0.4) is 0 Å². The van der Waals surface area contributed by atoms with Crippen molar-refractivity contribution >= 4 is 10.0 Å². The zero-order valence-corrected chi connectivity index (χ0v) is 18.8. The number of hydrogen-bond donors (Lipinski definition) is 1. The molecule has 1 aromatic carbocycles. The van der Waals surface area contributed by atoms with Crippen molar-refractivity contribution < 1.29 is 8.42 Å². The highest BCUT2D eigenvalue weighted by atomic mass is 32.2. The molecule has 4 bridgehead atoms. The first-order valence-corrected chi connectivity index (χ1v) is 12.8. The standard InChI is InChI=1S/C24H37NO2S/c1-16(2)9-23(17(3)4)21-5-7-22(8-6-21)28(26,27)25-24-13-18-10-19(14-24)12-20(11-18)15-24/h5-8,16-20,23,25H,9-15H2,1-4H3. The fourth-order valence-electron chi connectivity index (χ4n) is 6.77. The van der Waals surface area contributed by atoms with E-state index in [1.807, 2.05) is 24.3 Å². The Morgan fingerprint density at radius 3 is 1.86 bits per heavy atom. The minimum Gasteiger partial charge on any atom is -0.207 e. The lowest BCUT2D eigenvalue weighted by Gasteiger charge is -2.56. The Hall–Kier alpha value is -0.870. The van der Waals surface area contributed by atoms with E-state index in [-0.39, 0.29) is 5.54 Å². The Labute approximate surface area is 171 Å². The second kappa shape index (κ2) is 7.43. The molecule has 28 heavy (non-hydrogen) atoms. The van der Waals surface area contributed by atoms with Crippen LogP contribution in [0.15, 0.2) is 29.2 Å². The van der Waals surface area contributed by atoms with Gasteiger partial charge in [-0.3, -0.25) is 0 Å². The molecule has 0 aromatic heterocycles. The number of hydrogen-bond acceptors (Lipinski definition) is 2. The van der Waals surface area contributed by atoms with E-state index in [2.05, 4.69) is 32.4 Å². The van der Waals surface area contributed by atoms with Crippen LogP contribution < -0.4 is 4.72 Å². The summed E-state index contributed by atoms with van der Waals surface area (Å²) in [6.45, 7) is 9.02. The van der Waals surface area contributed by atoms with Crippen molar-refractivity contribution in [2.45, 2.75) is 89.0 Å². The largest absolute Gasteiger partial charge is 0.241 e. The van der Waals surface area contributed by atoms with E-state index in [1.54, 1.807) is 0 Å². The average molecular weight is 404 g/mol. The predicted molar refractivity (Wildman–Crippen MR) is 115 cm³/mol. The lowest BCUT2D eigenvalue weighted by Crippen LogP contribution is -2.59. The van der Waals surface area contributed by atoms with E-state index in [4.69, 9.17) is 0 Å². The third-order valence-corrected chi connectivity index (χ3v) is 9.13. The normalized spacial score (nSPS) is 33.0. The van der Waals surface area contributed by atoms with Gasteiger partial charge in [0.05, 0.1) is 4.90 Å². The zero-order chi connectivity index (χ0) is 20.1. The molecule has 0 saturated heterocycles. The third kappa shape index (κ3) is 4.05. The van der Waals surface area contributed by atoms with Crippen molar-refractivity contribution in [2.75, 3.05) is 0 Å². The Morgan fingerprint density at radius 1 is 0.929 bits per heavy atom. The number of nitrogens with one attached hydrogen (secondary N) is 1. The van der Waals surface area contributed by atoms with Crippen LogP contribution in [0.2, 0.25) is 0 Å². The second-order valence-electron chi connectivity index (χ2n) is 10.9. The van der Waals surface area contributed by atoms with Crippen LogP contribution in [0.25, 0.3) is 0 Å².